The lowest BCUT2D eigenvalue weighted by molar-refractivity contribution is -0.984. The second kappa shape index (κ2) is 14.7. The molecule has 8 heterocycles. The molecule has 0 saturated carbocycles. The number of fused-ring (bicyclic) bond motifs is 10. The zero-order chi connectivity index (χ0) is 40.6. The summed E-state index contributed by atoms with van der Waals surface area (Å²) < 4.78 is 1.68. The molecule has 6 aliphatic heterocycles. The Labute approximate surface area is 353 Å². The average molecular weight is 793 g/mol. The molecule has 7 aromatic rings. The summed E-state index contributed by atoms with van der Waals surface area (Å²) in [6.07, 6.45) is 11.2. The largest absolute Gasteiger partial charge is 0.382 e. The van der Waals surface area contributed by atoms with E-state index >= 15 is 0 Å². The SMILES string of the molecule is C=CC1C[N+]2(Cc3c4ccccc4c(C[N+]45CCC(C[C@@H]4[C@@H](O)c4ccnc6ccccc46)C(C=C)C5)c4ccccc34)CCC1C[C@@H]2[C@@H](O)c1ccnc2ccccc12. The first-order valence-electron chi connectivity index (χ1n) is 22.3. The number of piperidine rings is 6. The van der Waals surface area contributed by atoms with E-state index in [4.69, 9.17) is 0 Å². The number of rotatable bonds is 10. The van der Waals surface area contributed by atoms with Crippen molar-refractivity contribution in [3.63, 3.8) is 0 Å². The van der Waals surface area contributed by atoms with Crippen LogP contribution in [0.2, 0.25) is 0 Å². The number of nitrogens with zero attached hydrogens (tertiary/aromatic N) is 4. The van der Waals surface area contributed by atoms with Crippen molar-refractivity contribution in [3.8, 4) is 0 Å². The van der Waals surface area contributed by atoms with Gasteiger partial charge in [0.2, 0.25) is 0 Å². The highest BCUT2D eigenvalue weighted by molar-refractivity contribution is 6.05. The molecule has 4 bridgehead atoms. The second-order valence-electron chi connectivity index (χ2n) is 18.8. The van der Waals surface area contributed by atoms with Crippen LogP contribution in [-0.2, 0) is 13.1 Å². The monoisotopic (exact) mass is 792 g/mol. The maximum atomic E-state index is 12.6. The third-order valence-electron chi connectivity index (χ3n) is 16.2. The number of hydrogen-bond donors (Lipinski definition) is 2. The maximum absolute atomic E-state index is 12.6. The highest BCUT2D eigenvalue weighted by atomic mass is 16.3. The van der Waals surface area contributed by atoms with E-state index in [-0.39, 0.29) is 12.1 Å². The Morgan fingerprint density at radius 2 is 0.900 bits per heavy atom. The van der Waals surface area contributed by atoms with E-state index in [2.05, 4.69) is 120 Å². The van der Waals surface area contributed by atoms with Gasteiger partial charge < -0.3 is 19.2 Å². The van der Waals surface area contributed by atoms with E-state index in [0.29, 0.717) is 23.7 Å². The Hall–Kier alpha value is -5.24. The standard InChI is InChI=1S/C54H56N4O2/c1-3-35-31-57(27-23-37(35)29-51(57)53(59)45-21-25-55-49-19-11-9-17-43(45)49)33-47-39-13-5-7-15-41(39)48(42-16-8-6-14-40(42)47)34-58-28-24-38(36(4-2)32-58)30-52(58)54(60)46-22-26-56-50-20-12-10-18-44(46)50/h3-22,25-26,35-38,51-54,59-60H,1-2,23-24,27-34H2/q+2/t35?,36?,37?,38?,51-,52-,53+,54+,57?,58?/m1/s1. The zero-order valence-electron chi connectivity index (χ0n) is 34.5. The molecule has 2 N–H and O–H groups in total. The summed E-state index contributed by atoms with van der Waals surface area (Å²) in [4.78, 5) is 9.32. The van der Waals surface area contributed by atoms with Gasteiger partial charge in [0, 0.05) is 71.8 Å². The van der Waals surface area contributed by atoms with Crippen LogP contribution in [0.4, 0.5) is 0 Å². The van der Waals surface area contributed by atoms with Crippen LogP contribution in [0.3, 0.4) is 0 Å². The first-order valence-corrected chi connectivity index (χ1v) is 22.3. The van der Waals surface area contributed by atoms with Crippen LogP contribution in [0, 0.1) is 23.7 Å². The van der Waals surface area contributed by atoms with Gasteiger partial charge in [-0.15, -0.1) is 13.2 Å². The number of aliphatic hydroxyl groups is 2. The number of hydrogen-bond acceptors (Lipinski definition) is 4. The van der Waals surface area contributed by atoms with E-state index in [1.807, 2.05) is 36.7 Å². The predicted octanol–water partition coefficient (Wildman–Crippen LogP) is 10.4. The van der Waals surface area contributed by atoms with Crippen molar-refractivity contribution < 1.29 is 19.2 Å². The first-order chi connectivity index (χ1) is 29.4. The van der Waals surface area contributed by atoms with Gasteiger partial charge in [-0.05, 0) is 68.8 Å². The lowest BCUT2D eigenvalue weighted by Crippen LogP contribution is -2.67. The van der Waals surface area contributed by atoms with Crippen molar-refractivity contribution >= 4 is 43.4 Å². The van der Waals surface area contributed by atoms with Gasteiger partial charge >= 0.3 is 0 Å². The highest BCUT2D eigenvalue weighted by Crippen LogP contribution is 2.52. The molecular weight excluding hydrogens is 737 g/mol. The van der Waals surface area contributed by atoms with E-state index in [0.717, 1.165) is 107 Å². The number of benzene rings is 5. The molecule has 0 spiro atoms. The fourth-order valence-electron chi connectivity index (χ4n) is 13.2. The first kappa shape index (κ1) is 37.7. The summed E-state index contributed by atoms with van der Waals surface area (Å²) in [7, 11) is 0. The second-order valence-corrected chi connectivity index (χ2v) is 18.8. The van der Waals surface area contributed by atoms with Gasteiger partial charge in [0.15, 0.2) is 0 Å². The Morgan fingerprint density at radius 1 is 0.533 bits per heavy atom. The predicted molar refractivity (Wildman–Crippen MR) is 243 cm³/mol. The number of pyridine rings is 2. The van der Waals surface area contributed by atoms with Gasteiger partial charge in [0.1, 0.15) is 37.4 Å². The molecule has 0 amide bonds. The Bertz CT molecular complexity index is 2540. The van der Waals surface area contributed by atoms with Gasteiger partial charge in [0.25, 0.3) is 0 Å². The molecule has 6 aliphatic rings. The lowest BCUT2D eigenvalue weighted by Gasteiger charge is -2.58. The van der Waals surface area contributed by atoms with Crippen molar-refractivity contribution in [1.82, 2.24) is 9.97 Å². The molecule has 6 nitrogen and oxygen atoms in total. The minimum Gasteiger partial charge on any atom is -0.382 e. The fourth-order valence-corrected chi connectivity index (χ4v) is 13.2. The molecular formula is C54H56N4O2+2. The highest BCUT2D eigenvalue weighted by Gasteiger charge is 2.56. The van der Waals surface area contributed by atoms with E-state index in [1.54, 1.807) is 0 Å². The molecule has 302 valence electrons. The van der Waals surface area contributed by atoms with Gasteiger partial charge in [-0.25, -0.2) is 0 Å². The summed E-state index contributed by atoms with van der Waals surface area (Å²) >= 11 is 0. The molecule has 0 aliphatic carbocycles. The molecule has 2 aromatic heterocycles. The molecule has 13 rings (SSSR count). The van der Waals surface area contributed by atoms with E-state index < -0.39 is 12.2 Å². The maximum Gasteiger partial charge on any atom is 0.131 e. The van der Waals surface area contributed by atoms with E-state index in [9.17, 15) is 10.2 Å². The Balaban J connectivity index is 1.04. The smallest absolute Gasteiger partial charge is 0.131 e. The van der Waals surface area contributed by atoms with Crippen molar-refractivity contribution in [2.75, 3.05) is 26.2 Å². The normalized spacial score (nSPS) is 29.6. The molecule has 6 heteroatoms. The molecule has 0 radical (unpaired) electrons. The average Bonchev–Trinajstić information content (AvgIpc) is 3.31. The zero-order valence-corrected chi connectivity index (χ0v) is 34.5. The Morgan fingerprint density at radius 3 is 1.28 bits per heavy atom. The van der Waals surface area contributed by atoms with Crippen LogP contribution in [0.5, 0.6) is 0 Å². The van der Waals surface area contributed by atoms with Gasteiger partial charge in [-0.2, -0.15) is 0 Å². The van der Waals surface area contributed by atoms with Crippen LogP contribution < -0.4 is 0 Å². The van der Waals surface area contributed by atoms with Crippen LogP contribution in [0.25, 0.3) is 43.4 Å². The summed E-state index contributed by atoms with van der Waals surface area (Å²) in [6, 6.07) is 39.0. The molecule has 6 fully saturated rings. The molecule has 6 unspecified atom stereocenters. The quantitative estimate of drug-likeness (QED) is 0.0823. The van der Waals surface area contributed by atoms with Crippen molar-refractivity contribution in [2.45, 2.75) is 63.1 Å². The minimum atomic E-state index is -0.611. The third-order valence-corrected chi connectivity index (χ3v) is 16.2. The summed E-state index contributed by atoms with van der Waals surface area (Å²) in [5.41, 5.74) is 6.60. The van der Waals surface area contributed by atoms with Gasteiger partial charge in [0.05, 0.1) is 37.2 Å². The molecule has 10 atom stereocenters. The summed E-state index contributed by atoms with van der Waals surface area (Å²) in [6.45, 7) is 14.4. The minimum absolute atomic E-state index is 0.0540. The van der Waals surface area contributed by atoms with E-state index in [1.165, 1.54) is 32.7 Å². The number of aliphatic hydroxyl groups excluding tert-OH is 2. The van der Waals surface area contributed by atoms with Crippen LogP contribution in [-0.4, -0.2) is 67.4 Å². The number of para-hydroxylation sites is 2. The van der Waals surface area contributed by atoms with Crippen molar-refractivity contribution in [3.05, 3.63) is 169 Å². The number of aromatic nitrogens is 2. The molecule has 60 heavy (non-hydrogen) atoms. The van der Waals surface area contributed by atoms with Gasteiger partial charge in [-0.1, -0.05) is 97.1 Å². The van der Waals surface area contributed by atoms with Crippen LogP contribution in [0.1, 0.15) is 60.1 Å². The van der Waals surface area contributed by atoms with Crippen molar-refractivity contribution in [1.29, 1.82) is 0 Å². The van der Waals surface area contributed by atoms with Crippen LogP contribution >= 0.6 is 0 Å². The summed E-state index contributed by atoms with van der Waals surface area (Å²) in [5.74, 6) is 1.90. The van der Waals surface area contributed by atoms with Crippen LogP contribution in [0.15, 0.2) is 147 Å². The molecule has 6 saturated heterocycles. The summed E-state index contributed by atoms with van der Waals surface area (Å²) in [5, 5.41) is 32.6. The van der Waals surface area contributed by atoms with Gasteiger partial charge in [-0.3, -0.25) is 9.97 Å². The molecule has 5 aromatic carbocycles. The topological polar surface area (TPSA) is 66.2 Å². The fraction of sp³-hybridized carbons (Fsp3) is 0.333. The third kappa shape index (κ3) is 5.90. The number of quaternary nitrogens is 2. The lowest BCUT2D eigenvalue weighted by atomic mass is 9.70. The van der Waals surface area contributed by atoms with Crippen molar-refractivity contribution in [2.24, 2.45) is 23.7 Å². The Kier molecular flexibility index (Phi) is 9.27.